The van der Waals surface area contributed by atoms with Crippen molar-refractivity contribution >= 4 is 15.9 Å². The first-order valence-corrected chi connectivity index (χ1v) is 9.16. The molecule has 1 heterocycles. The molecule has 0 aromatic carbocycles. The van der Waals surface area contributed by atoms with Gasteiger partial charge in [-0.05, 0) is 51.6 Å². The van der Waals surface area contributed by atoms with E-state index in [2.05, 4.69) is 34.7 Å². The molecule has 108 valence electrons. The van der Waals surface area contributed by atoms with Crippen molar-refractivity contribution in [1.82, 2.24) is 4.90 Å². The maximum Gasteiger partial charge on any atom is 0.00694 e. The smallest absolute Gasteiger partial charge is 0.00694 e. The second kappa shape index (κ2) is 10.3. The van der Waals surface area contributed by atoms with Gasteiger partial charge in [0.25, 0.3) is 0 Å². The number of hydrogen-bond acceptors (Lipinski definition) is 1. The predicted molar refractivity (Wildman–Crippen MR) is 85.5 cm³/mol. The van der Waals surface area contributed by atoms with Gasteiger partial charge in [0, 0.05) is 11.4 Å². The van der Waals surface area contributed by atoms with Crippen LogP contribution in [0.25, 0.3) is 0 Å². The minimum Gasteiger partial charge on any atom is -0.301 e. The van der Waals surface area contributed by atoms with Gasteiger partial charge in [0.2, 0.25) is 0 Å². The van der Waals surface area contributed by atoms with Gasteiger partial charge in [-0.1, -0.05) is 55.0 Å². The van der Waals surface area contributed by atoms with E-state index in [1.165, 1.54) is 76.2 Å². The standard InChI is InChI=1S/C16H32BrN/c1-15-10-13-18(16(2)14-15)12-9-7-5-3-4-6-8-11-17/h15-16H,3-14H2,1-2H3. The summed E-state index contributed by atoms with van der Waals surface area (Å²) in [5, 5.41) is 1.18. The van der Waals surface area contributed by atoms with Crippen LogP contribution in [0.15, 0.2) is 0 Å². The number of unbranched alkanes of at least 4 members (excludes halogenated alkanes) is 6. The molecule has 1 aliphatic heterocycles. The average molecular weight is 318 g/mol. The van der Waals surface area contributed by atoms with Crippen LogP contribution in [0.2, 0.25) is 0 Å². The summed E-state index contributed by atoms with van der Waals surface area (Å²) < 4.78 is 0. The Labute approximate surface area is 123 Å². The third-order valence-corrected chi connectivity index (χ3v) is 4.92. The van der Waals surface area contributed by atoms with E-state index in [0.717, 1.165) is 12.0 Å². The van der Waals surface area contributed by atoms with Crippen molar-refractivity contribution < 1.29 is 0 Å². The highest BCUT2D eigenvalue weighted by molar-refractivity contribution is 9.09. The molecule has 0 spiro atoms. The van der Waals surface area contributed by atoms with Crippen molar-refractivity contribution in [3.8, 4) is 0 Å². The maximum absolute atomic E-state index is 3.49. The molecule has 0 bridgehead atoms. The van der Waals surface area contributed by atoms with Gasteiger partial charge in [-0.25, -0.2) is 0 Å². The van der Waals surface area contributed by atoms with Gasteiger partial charge in [-0.15, -0.1) is 0 Å². The molecule has 0 aliphatic carbocycles. The Morgan fingerprint density at radius 2 is 1.56 bits per heavy atom. The quantitative estimate of drug-likeness (QED) is 0.415. The normalized spacial score (nSPS) is 25.5. The number of hydrogen-bond donors (Lipinski definition) is 0. The van der Waals surface area contributed by atoms with Crippen LogP contribution in [-0.4, -0.2) is 29.4 Å². The lowest BCUT2D eigenvalue weighted by Gasteiger charge is -2.36. The molecule has 2 heteroatoms. The molecule has 0 N–H and O–H groups in total. The predicted octanol–water partition coefficient (Wildman–Crippen LogP) is 5.23. The molecule has 2 atom stereocenters. The van der Waals surface area contributed by atoms with Crippen LogP contribution in [0.4, 0.5) is 0 Å². The van der Waals surface area contributed by atoms with Crippen LogP contribution in [0.5, 0.6) is 0 Å². The van der Waals surface area contributed by atoms with Crippen LogP contribution >= 0.6 is 15.9 Å². The molecule has 18 heavy (non-hydrogen) atoms. The molecule has 0 amide bonds. The van der Waals surface area contributed by atoms with Gasteiger partial charge in [-0.3, -0.25) is 0 Å². The van der Waals surface area contributed by atoms with Gasteiger partial charge < -0.3 is 4.90 Å². The highest BCUT2D eigenvalue weighted by Gasteiger charge is 2.21. The fourth-order valence-corrected chi connectivity index (χ4v) is 3.48. The van der Waals surface area contributed by atoms with E-state index in [-0.39, 0.29) is 0 Å². The van der Waals surface area contributed by atoms with Gasteiger partial charge in [-0.2, -0.15) is 0 Å². The first-order valence-electron chi connectivity index (χ1n) is 8.04. The molecule has 1 fully saturated rings. The largest absolute Gasteiger partial charge is 0.301 e. The van der Waals surface area contributed by atoms with E-state index >= 15 is 0 Å². The van der Waals surface area contributed by atoms with Crippen molar-refractivity contribution in [2.24, 2.45) is 5.92 Å². The van der Waals surface area contributed by atoms with E-state index in [4.69, 9.17) is 0 Å². The van der Waals surface area contributed by atoms with Gasteiger partial charge in [0.15, 0.2) is 0 Å². The van der Waals surface area contributed by atoms with Crippen molar-refractivity contribution in [2.75, 3.05) is 18.4 Å². The third kappa shape index (κ3) is 7.13. The van der Waals surface area contributed by atoms with E-state index in [9.17, 15) is 0 Å². The Hall–Kier alpha value is 0.440. The number of rotatable bonds is 9. The number of halogens is 1. The number of likely N-dealkylation sites (tertiary alicyclic amines) is 1. The Kier molecular flexibility index (Phi) is 9.40. The molecule has 0 aromatic rings. The zero-order valence-electron chi connectivity index (χ0n) is 12.5. The molecule has 1 aliphatic rings. The minimum atomic E-state index is 0.827. The summed E-state index contributed by atoms with van der Waals surface area (Å²) >= 11 is 3.49. The van der Waals surface area contributed by atoms with Crippen molar-refractivity contribution in [1.29, 1.82) is 0 Å². The molecule has 1 nitrogen and oxygen atoms in total. The topological polar surface area (TPSA) is 3.24 Å². The number of alkyl halides is 1. The van der Waals surface area contributed by atoms with Crippen LogP contribution in [-0.2, 0) is 0 Å². The van der Waals surface area contributed by atoms with E-state index in [1.807, 2.05) is 0 Å². The summed E-state index contributed by atoms with van der Waals surface area (Å²) in [7, 11) is 0. The zero-order chi connectivity index (χ0) is 13.2. The van der Waals surface area contributed by atoms with Crippen molar-refractivity contribution in [2.45, 2.75) is 77.7 Å². The molecule has 1 saturated heterocycles. The Bertz CT molecular complexity index is 196. The molecule has 0 radical (unpaired) electrons. The van der Waals surface area contributed by atoms with Crippen LogP contribution < -0.4 is 0 Å². The van der Waals surface area contributed by atoms with Gasteiger partial charge in [0.05, 0.1) is 0 Å². The summed E-state index contributed by atoms with van der Waals surface area (Å²) in [5.74, 6) is 0.950. The van der Waals surface area contributed by atoms with Gasteiger partial charge in [0.1, 0.15) is 0 Å². The molecule has 2 unspecified atom stereocenters. The van der Waals surface area contributed by atoms with E-state index in [1.54, 1.807) is 0 Å². The lowest BCUT2D eigenvalue weighted by molar-refractivity contribution is 0.127. The highest BCUT2D eigenvalue weighted by atomic mass is 79.9. The molecule has 0 saturated carbocycles. The summed E-state index contributed by atoms with van der Waals surface area (Å²) in [6, 6.07) is 0.827. The number of nitrogens with zero attached hydrogens (tertiary/aromatic N) is 1. The Morgan fingerprint density at radius 3 is 2.17 bits per heavy atom. The monoisotopic (exact) mass is 317 g/mol. The summed E-state index contributed by atoms with van der Waals surface area (Å²) in [5.41, 5.74) is 0. The molecule has 1 rings (SSSR count). The summed E-state index contributed by atoms with van der Waals surface area (Å²) in [6.07, 6.45) is 12.8. The lowest BCUT2D eigenvalue weighted by Crippen LogP contribution is -2.40. The average Bonchev–Trinajstić information content (AvgIpc) is 2.35. The fourth-order valence-electron chi connectivity index (χ4n) is 3.08. The first-order chi connectivity index (χ1) is 8.74. The number of piperidine rings is 1. The minimum absolute atomic E-state index is 0.827. The second-order valence-corrected chi connectivity index (χ2v) is 6.97. The van der Waals surface area contributed by atoms with E-state index < -0.39 is 0 Å². The highest BCUT2D eigenvalue weighted by Crippen LogP contribution is 2.22. The van der Waals surface area contributed by atoms with Gasteiger partial charge >= 0.3 is 0 Å². The summed E-state index contributed by atoms with van der Waals surface area (Å²) in [6.45, 7) is 7.50. The van der Waals surface area contributed by atoms with Crippen molar-refractivity contribution in [3.63, 3.8) is 0 Å². The Morgan fingerprint density at radius 1 is 0.944 bits per heavy atom. The van der Waals surface area contributed by atoms with Crippen LogP contribution in [0, 0.1) is 5.92 Å². The zero-order valence-corrected chi connectivity index (χ0v) is 14.1. The molecular formula is C16H32BrN. The fraction of sp³-hybridized carbons (Fsp3) is 1.00. The third-order valence-electron chi connectivity index (χ3n) is 4.35. The SMILES string of the molecule is CC1CCN(CCCCCCCCCBr)C(C)C1. The first kappa shape index (κ1) is 16.5. The van der Waals surface area contributed by atoms with Crippen LogP contribution in [0.1, 0.15) is 71.6 Å². The lowest BCUT2D eigenvalue weighted by atomic mass is 9.93. The Balaban J connectivity index is 1.91. The second-order valence-electron chi connectivity index (χ2n) is 6.18. The maximum atomic E-state index is 3.49. The molecule has 0 aromatic heterocycles. The molecular weight excluding hydrogens is 286 g/mol. The van der Waals surface area contributed by atoms with E-state index in [0.29, 0.717) is 0 Å². The van der Waals surface area contributed by atoms with Crippen molar-refractivity contribution in [3.05, 3.63) is 0 Å². The summed E-state index contributed by atoms with van der Waals surface area (Å²) in [4.78, 5) is 2.71. The van der Waals surface area contributed by atoms with Crippen LogP contribution in [0.3, 0.4) is 0 Å².